The van der Waals surface area contributed by atoms with Gasteiger partial charge in [0.1, 0.15) is 5.69 Å². The molecule has 0 spiro atoms. The van der Waals surface area contributed by atoms with Gasteiger partial charge in [-0.1, -0.05) is 30.3 Å². The van der Waals surface area contributed by atoms with Crippen molar-refractivity contribution in [3.8, 4) is 0 Å². The largest absolute Gasteiger partial charge is 0.479 e. The average molecular weight is 326 g/mol. The molecule has 0 saturated carbocycles. The Morgan fingerprint density at radius 2 is 1.92 bits per heavy atom. The molecule has 0 aliphatic heterocycles. The van der Waals surface area contributed by atoms with Crippen molar-refractivity contribution in [2.24, 2.45) is 7.05 Å². The van der Waals surface area contributed by atoms with Crippen molar-refractivity contribution in [1.29, 1.82) is 0 Å². The number of hydrogen-bond acceptors (Lipinski definition) is 4. The van der Waals surface area contributed by atoms with Crippen LogP contribution in [0.15, 0.2) is 53.7 Å². The van der Waals surface area contributed by atoms with E-state index >= 15 is 0 Å². The highest BCUT2D eigenvalue weighted by Crippen LogP contribution is 2.13. The Bertz CT molecular complexity index is 975. The van der Waals surface area contributed by atoms with E-state index in [1.165, 1.54) is 15.2 Å². The lowest BCUT2D eigenvalue weighted by Gasteiger charge is -2.13. The van der Waals surface area contributed by atoms with Gasteiger partial charge >= 0.3 is 5.97 Å². The Labute approximate surface area is 136 Å². The summed E-state index contributed by atoms with van der Waals surface area (Å²) in [6.45, 7) is 0. The maximum absolute atomic E-state index is 12.3. The van der Waals surface area contributed by atoms with Crippen molar-refractivity contribution in [3.05, 3.63) is 70.5 Å². The molecule has 0 aliphatic rings. The van der Waals surface area contributed by atoms with E-state index in [1.54, 1.807) is 49.8 Å². The van der Waals surface area contributed by atoms with E-state index in [-0.39, 0.29) is 16.9 Å². The first kappa shape index (κ1) is 15.5. The van der Waals surface area contributed by atoms with Crippen LogP contribution in [0, 0.1) is 0 Å². The third kappa shape index (κ3) is 2.76. The summed E-state index contributed by atoms with van der Waals surface area (Å²) in [5.41, 5.74) is 0.157. The lowest BCUT2D eigenvalue weighted by atomic mass is 10.1. The van der Waals surface area contributed by atoms with Gasteiger partial charge in [0, 0.05) is 25.6 Å². The molecule has 1 aromatic carbocycles. The predicted octanol–water partition coefficient (Wildman–Crippen LogP) is 0.589. The molecule has 0 unspecified atom stereocenters. The third-order valence-electron chi connectivity index (χ3n) is 3.58. The molecule has 0 aliphatic carbocycles. The molecular weight excluding hydrogens is 312 g/mol. The van der Waals surface area contributed by atoms with Crippen LogP contribution in [-0.4, -0.2) is 30.9 Å². The van der Waals surface area contributed by atoms with Gasteiger partial charge in [0.2, 0.25) is 5.65 Å². The zero-order valence-corrected chi connectivity index (χ0v) is 12.7. The van der Waals surface area contributed by atoms with Gasteiger partial charge < -0.3 is 19.4 Å². The highest BCUT2D eigenvalue weighted by Gasteiger charge is 2.24. The smallest absolute Gasteiger partial charge is 0.330 e. The standard InChI is InChI=1S/C16H14N4O4/c1-19-7-8-20-9-11(17-13(20)15(19)22)14(21)18-12(16(23)24)10-5-3-2-4-6-10/h2-9,12H,1H3,(H,18,21)(H,23,24)/t12-/m0/s1. The number of rotatable bonds is 4. The fourth-order valence-corrected chi connectivity index (χ4v) is 2.31. The molecule has 24 heavy (non-hydrogen) atoms. The molecular formula is C16H14N4O4. The van der Waals surface area contributed by atoms with E-state index in [4.69, 9.17) is 0 Å². The normalized spacial score (nSPS) is 12.0. The first-order valence-electron chi connectivity index (χ1n) is 7.10. The van der Waals surface area contributed by atoms with E-state index in [2.05, 4.69) is 10.3 Å². The summed E-state index contributed by atoms with van der Waals surface area (Å²) in [4.78, 5) is 39.8. The number of hydrogen-bond donors (Lipinski definition) is 2. The fourth-order valence-electron chi connectivity index (χ4n) is 2.31. The summed E-state index contributed by atoms with van der Waals surface area (Å²) in [5, 5.41) is 11.8. The molecule has 0 radical (unpaired) electrons. The summed E-state index contributed by atoms with van der Waals surface area (Å²) in [5.74, 6) is -1.86. The van der Waals surface area contributed by atoms with Gasteiger partial charge in [0.15, 0.2) is 6.04 Å². The summed E-state index contributed by atoms with van der Waals surface area (Å²) >= 11 is 0. The van der Waals surface area contributed by atoms with Crippen molar-refractivity contribution in [1.82, 2.24) is 19.3 Å². The SMILES string of the molecule is Cn1ccn2cc(C(=O)N[C@H](C(=O)O)c3ccccc3)nc2c1=O. The number of carbonyl (C=O) groups is 2. The molecule has 3 aromatic rings. The van der Waals surface area contributed by atoms with Crippen molar-refractivity contribution in [2.75, 3.05) is 0 Å². The Morgan fingerprint density at radius 3 is 2.58 bits per heavy atom. The van der Waals surface area contributed by atoms with E-state index < -0.39 is 17.9 Å². The van der Waals surface area contributed by atoms with Crippen LogP contribution >= 0.6 is 0 Å². The van der Waals surface area contributed by atoms with Crippen molar-refractivity contribution < 1.29 is 14.7 Å². The highest BCUT2D eigenvalue weighted by molar-refractivity contribution is 5.95. The van der Waals surface area contributed by atoms with E-state index in [1.807, 2.05) is 0 Å². The van der Waals surface area contributed by atoms with Crippen molar-refractivity contribution in [3.63, 3.8) is 0 Å². The van der Waals surface area contributed by atoms with Crippen LogP contribution in [0.5, 0.6) is 0 Å². The molecule has 8 heteroatoms. The van der Waals surface area contributed by atoms with Gasteiger partial charge in [-0.15, -0.1) is 0 Å². The molecule has 0 saturated heterocycles. The molecule has 1 atom stereocenters. The number of nitrogens with zero attached hydrogens (tertiary/aromatic N) is 3. The molecule has 8 nitrogen and oxygen atoms in total. The van der Waals surface area contributed by atoms with Crippen LogP contribution in [-0.2, 0) is 11.8 Å². The van der Waals surface area contributed by atoms with Gasteiger partial charge in [-0.25, -0.2) is 9.78 Å². The number of carboxylic acid groups (broad SMARTS) is 1. The first-order chi connectivity index (χ1) is 11.5. The van der Waals surface area contributed by atoms with Crippen LogP contribution in [0.25, 0.3) is 5.65 Å². The number of aliphatic carboxylic acids is 1. The highest BCUT2D eigenvalue weighted by atomic mass is 16.4. The van der Waals surface area contributed by atoms with Crippen LogP contribution in [0.2, 0.25) is 0 Å². The molecule has 122 valence electrons. The van der Waals surface area contributed by atoms with E-state index in [0.29, 0.717) is 5.56 Å². The zero-order valence-electron chi connectivity index (χ0n) is 12.7. The van der Waals surface area contributed by atoms with Crippen LogP contribution < -0.4 is 10.9 Å². The molecule has 2 heterocycles. The number of benzene rings is 1. The summed E-state index contributed by atoms with van der Waals surface area (Å²) < 4.78 is 2.77. The molecule has 0 fully saturated rings. The number of amides is 1. The Kier molecular flexibility index (Phi) is 3.87. The molecule has 2 aromatic heterocycles. The number of fused-ring (bicyclic) bond motifs is 1. The van der Waals surface area contributed by atoms with Gasteiger partial charge in [-0.05, 0) is 5.56 Å². The van der Waals surface area contributed by atoms with Crippen LogP contribution in [0.1, 0.15) is 22.1 Å². The monoisotopic (exact) mass is 326 g/mol. The summed E-state index contributed by atoms with van der Waals surface area (Å²) in [6, 6.07) is 7.14. The average Bonchev–Trinajstić information content (AvgIpc) is 3.01. The topological polar surface area (TPSA) is 106 Å². The van der Waals surface area contributed by atoms with Crippen LogP contribution in [0.4, 0.5) is 0 Å². The maximum atomic E-state index is 12.3. The number of aryl methyl sites for hydroxylation is 1. The summed E-state index contributed by atoms with van der Waals surface area (Å²) in [6.07, 6.45) is 4.52. The molecule has 3 rings (SSSR count). The molecule has 1 amide bonds. The van der Waals surface area contributed by atoms with E-state index in [0.717, 1.165) is 0 Å². The second-order valence-electron chi connectivity index (χ2n) is 5.23. The fraction of sp³-hybridized carbons (Fsp3) is 0.125. The number of nitrogens with one attached hydrogen (secondary N) is 1. The maximum Gasteiger partial charge on any atom is 0.330 e. The zero-order chi connectivity index (χ0) is 17.3. The minimum atomic E-state index is -1.20. The Hall–Kier alpha value is -3.42. The number of carbonyl (C=O) groups excluding carboxylic acids is 1. The Morgan fingerprint density at radius 1 is 1.21 bits per heavy atom. The van der Waals surface area contributed by atoms with Gasteiger partial charge in [0.25, 0.3) is 11.5 Å². The molecule has 0 bridgehead atoms. The predicted molar refractivity (Wildman–Crippen MR) is 84.7 cm³/mol. The second-order valence-corrected chi connectivity index (χ2v) is 5.23. The Balaban J connectivity index is 1.92. The quantitative estimate of drug-likeness (QED) is 0.730. The van der Waals surface area contributed by atoms with Gasteiger partial charge in [-0.3, -0.25) is 9.59 Å². The minimum absolute atomic E-state index is 0.0273. The first-order valence-corrected chi connectivity index (χ1v) is 7.10. The number of aromatic nitrogens is 3. The van der Waals surface area contributed by atoms with Crippen molar-refractivity contribution >= 4 is 17.5 Å². The lowest BCUT2D eigenvalue weighted by Crippen LogP contribution is -2.33. The van der Waals surface area contributed by atoms with Crippen LogP contribution in [0.3, 0.4) is 0 Å². The molecule has 2 N–H and O–H groups in total. The van der Waals surface area contributed by atoms with Gasteiger partial charge in [0.05, 0.1) is 0 Å². The lowest BCUT2D eigenvalue weighted by molar-refractivity contribution is -0.139. The third-order valence-corrected chi connectivity index (χ3v) is 3.58. The summed E-state index contributed by atoms with van der Waals surface area (Å²) in [7, 11) is 1.58. The number of carboxylic acids is 1. The van der Waals surface area contributed by atoms with Gasteiger partial charge in [-0.2, -0.15) is 0 Å². The van der Waals surface area contributed by atoms with E-state index in [9.17, 15) is 19.5 Å². The number of imidazole rings is 1. The minimum Gasteiger partial charge on any atom is -0.479 e. The van der Waals surface area contributed by atoms with Crippen molar-refractivity contribution in [2.45, 2.75) is 6.04 Å². The second kappa shape index (κ2) is 5.99.